The van der Waals surface area contributed by atoms with Crippen LogP contribution in [0.25, 0.3) is 0 Å². The Bertz CT molecular complexity index is 2680. The van der Waals surface area contributed by atoms with E-state index in [1.54, 1.807) is 62.4 Å². The minimum absolute atomic E-state index is 0.0259. The minimum Gasteiger partial charge on any atom is -0.491 e. The summed E-state index contributed by atoms with van der Waals surface area (Å²) in [6.45, 7) is 17.4. The molecule has 14 nitrogen and oxygen atoms in total. The molecule has 1 aliphatic carbocycles. The zero-order valence-electron chi connectivity index (χ0n) is 49.6. The first-order chi connectivity index (χ1) is 39.6. The van der Waals surface area contributed by atoms with Gasteiger partial charge in [0.1, 0.15) is 62.6 Å². The van der Waals surface area contributed by atoms with E-state index in [2.05, 4.69) is 40.9 Å². The zero-order chi connectivity index (χ0) is 59.6. The molecule has 8 bridgehead atoms. The number of aliphatic hydroxyl groups excluding tert-OH is 2. The number of Topliss-reactive ketones (excluding diaryl/α,β-unsaturated/α-hetero) is 4. The largest absolute Gasteiger partial charge is 0.491 e. The van der Waals surface area contributed by atoms with Gasteiger partial charge >= 0.3 is 11.9 Å². The van der Waals surface area contributed by atoms with Gasteiger partial charge in [-0.25, -0.2) is 9.59 Å². The average Bonchev–Trinajstić information content (AvgIpc) is 3.64. The highest BCUT2D eigenvalue weighted by molar-refractivity contribution is 5.99. The third-order valence-electron chi connectivity index (χ3n) is 14.3. The molecule has 4 aromatic carbocycles. The van der Waals surface area contributed by atoms with E-state index in [1.807, 2.05) is 0 Å². The van der Waals surface area contributed by atoms with Crippen LogP contribution in [-0.4, -0.2) is 98.1 Å². The summed E-state index contributed by atoms with van der Waals surface area (Å²) in [6.07, 6.45) is 11.0. The van der Waals surface area contributed by atoms with Gasteiger partial charge in [0.05, 0.1) is 13.2 Å². The summed E-state index contributed by atoms with van der Waals surface area (Å²) < 4.78 is 37.7. The fourth-order valence-corrected chi connectivity index (χ4v) is 10.1. The quantitative estimate of drug-likeness (QED) is 0.0166. The Kier molecular flexibility index (Phi) is 27.7. The van der Waals surface area contributed by atoms with Crippen LogP contribution in [0.2, 0.25) is 0 Å². The van der Waals surface area contributed by atoms with Crippen molar-refractivity contribution in [3.63, 3.8) is 0 Å². The molecule has 0 aliphatic heterocycles. The number of ether oxygens (including phenoxy) is 6. The van der Waals surface area contributed by atoms with Crippen molar-refractivity contribution in [2.75, 3.05) is 52.9 Å². The second-order valence-corrected chi connectivity index (χ2v) is 21.4. The molecule has 0 fully saturated rings. The fourth-order valence-electron chi connectivity index (χ4n) is 10.1. The number of carbonyl (C=O) groups is 6. The van der Waals surface area contributed by atoms with Crippen LogP contribution < -0.4 is 18.9 Å². The van der Waals surface area contributed by atoms with Gasteiger partial charge < -0.3 is 38.6 Å². The number of benzene rings is 4. The Labute approximate surface area is 486 Å². The van der Waals surface area contributed by atoms with E-state index >= 15 is 0 Å². The van der Waals surface area contributed by atoms with Crippen LogP contribution in [0.4, 0.5) is 0 Å². The topological polar surface area (TPSA) is 198 Å². The fraction of sp³-hybridized carbons (Fsp3) is 0.500. The zero-order valence-corrected chi connectivity index (χ0v) is 49.6. The predicted octanol–water partition coefficient (Wildman–Crippen LogP) is 13.2. The summed E-state index contributed by atoms with van der Waals surface area (Å²) in [5.74, 6) is -0.100. The van der Waals surface area contributed by atoms with E-state index in [9.17, 15) is 39.0 Å². The van der Waals surface area contributed by atoms with Gasteiger partial charge in [0.25, 0.3) is 0 Å². The van der Waals surface area contributed by atoms with Crippen LogP contribution in [-0.2, 0) is 44.7 Å². The molecule has 0 atom stereocenters. The summed E-state index contributed by atoms with van der Waals surface area (Å²) in [6, 6.07) is 14.4. The van der Waals surface area contributed by atoms with Crippen molar-refractivity contribution in [3.05, 3.63) is 140 Å². The van der Waals surface area contributed by atoms with Crippen LogP contribution in [0.1, 0.15) is 230 Å². The molecule has 0 radical (unpaired) electrons. The van der Waals surface area contributed by atoms with Crippen LogP contribution in [0, 0.1) is 0 Å². The molecular weight excluding hydrogens is 1040 g/mol. The van der Waals surface area contributed by atoms with Crippen molar-refractivity contribution in [2.45, 2.75) is 170 Å². The third kappa shape index (κ3) is 19.6. The molecule has 0 aromatic heterocycles. The SMILES string of the molecule is C=C(C)C(=O)OCCOc1c2cc(C(=O)CCCCC)cc1Cc1cc(C(=O)CCCCC)cc(c1OCCOC(=O)C(=C)C)Cc1cc(C(=O)CCCCC)cc(c1OCCO)Cc1cc(C(=O)CCCCC)cc(c1OCCO)C2. The molecule has 0 spiro atoms. The van der Waals surface area contributed by atoms with Gasteiger partial charge in [-0.1, -0.05) is 92.2 Å². The van der Waals surface area contributed by atoms with E-state index in [1.165, 1.54) is 0 Å². The second kappa shape index (κ2) is 34.5. The van der Waals surface area contributed by atoms with E-state index in [4.69, 9.17) is 28.4 Å². The molecule has 2 N–H and O–H groups in total. The number of aliphatic hydroxyl groups is 2. The molecule has 1 aliphatic rings. The number of ketones is 4. The van der Waals surface area contributed by atoms with Gasteiger partial charge in [-0.05, 0) is 133 Å². The smallest absolute Gasteiger partial charge is 0.333 e. The van der Waals surface area contributed by atoms with E-state index in [0.29, 0.717) is 115 Å². The number of esters is 2. The Balaban J connectivity index is 1.99. The van der Waals surface area contributed by atoms with Crippen LogP contribution in [0.15, 0.2) is 72.8 Å². The van der Waals surface area contributed by atoms with Crippen LogP contribution in [0.3, 0.4) is 0 Å². The van der Waals surface area contributed by atoms with Gasteiger partial charge in [0, 0.05) is 84.8 Å². The number of hydrogen-bond donors (Lipinski definition) is 2. The van der Waals surface area contributed by atoms with Gasteiger partial charge in [-0.15, -0.1) is 0 Å². The lowest BCUT2D eigenvalue weighted by molar-refractivity contribution is -0.140. The van der Waals surface area contributed by atoms with Crippen molar-refractivity contribution in [2.24, 2.45) is 0 Å². The molecule has 4 aromatic rings. The van der Waals surface area contributed by atoms with Crippen LogP contribution in [0.5, 0.6) is 23.0 Å². The monoisotopic (exact) mass is 1130 g/mol. The highest BCUT2D eigenvalue weighted by Gasteiger charge is 2.28. The minimum atomic E-state index is -0.594. The first kappa shape index (κ1) is 65.9. The molecule has 0 heterocycles. The molecule has 5 rings (SSSR count). The molecule has 0 saturated carbocycles. The number of hydrogen-bond acceptors (Lipinski definition) is 14. The van der Waals surface area contributed by atoms with Crippen molar-refractivity contribution in [3.8, 4) is 23.0 Å². The molecule has 0 unspecified atom stereocenters. The van der Waals surface area contributed by atoms with E-state index < -0.39 is 11.9 Å². The molecule has 82 heavy (non-hydrogen) atoms. The van der Waals surface area contributed by atoms with Crippen molar-refractivity contribution in [1.82, 2.24) is 0 Å². The molecule has 14 heteroatoms. The van der Waals surface area contributed by atoms with Crippen molar-refractivity contribution >= 4 is 35.1 Å². The number of rotatable bonds is 36. The Morgan fingerprint density at radius 3 is 0.780 bits per heavy atom. The number of carbonyl (C=O) groups excluding carboxylic acids is 6. The first-order valence-corrected chi connectivity index (χ1v) is 29.7. The average molecular weight is 1130 g/mol. The van der Waals surface area contributed by atoms with Gasteiger partial charge in [-0.2, -0.15) is 0 Å². The Morgan fingerprint density at radius 2 is 0.585 bits per heavy atom. The van der Waals surface area contributed by atoms with Crippen LogP contribution >= 0.6 is 0 Å². The first-order valence-electron chi connectivity index (χ1n) is 29.7. The van der Waals surface area contributed by atoms with Crippen molar-refractivity contribution in [1.29, 1.82) is 0 Å². The molecular formula is C68H88O14. The lowest BCUT2D eigenvalue weighted by Gasteiger charge is -2.24. The Morgan fingerprint density at radius 1 is 0.366 bits per heavy atom. The highest BCUT2D eigenvalue weighted by atomic mass is 16.6. The van der Waals surface area contributed by atoms with Crippen molar-refractivity contribution < 1.29 is 67.4 Å². The maximum atomic E-state index is 14.6. The summed E-state index contributed by atoms with van der Waals surface area (Å²) in [4.78, 5) is 83.4. The summed E-state index contributed by atoms with van der Waals surface area (Å²) in [5.41, 5.74) is 6.47. The summed E-state index contributed by atoms with van der Waals surface area (Å²) in [7, 11) is 0. The van der Waals surface area contributed by atoms with E-state index in [-0.39, 0.29) is 139 Å². The highest BCUT2D eigenvalue weighted by Crippen LogP contribution is 2.42. The van der Waals surface area contributed by atoms with Gasteiger partial charge in [-0.3, -0.25) is 19.2 Å². The summed E-state index contributed by atoms with van der Waals surface area (Å²) in [5, 5.41) is 20.7. The second-order valence-electron chi connectivity index (χ2n) is 21.4. The third-order valence-corrected chi connectivity index (χ3v) is 14.3. The predicted molar refractivity (Wildman–Crippen MR) is 319 cm³/mol. The lowest BCUT2D eigenvalue weighted by Crippen LogP contribution is -2.17. The van der Waals surface area contributed by atoms with E-state index in [0.717, 1.165) is 51.4 Å². The maximum absolute atomic E-state index is 14.6. The van der Waals surface area contributed by atoms with Gasteiger partial charge in [0.15, 0.2) is 23.1 Å². The standard InChI is InChI=1S/C68H88O14/c1-9-13-17-21-59(71)47-33-51-41-52-34-48(60(72)22-18-14-10-2)36-54(64(52)78-28-26-70)43-56-38-50(62(74)24-20-16-12-4)40-58(66(56)80-30-32-82-68(76)46(7)8)44-57-39-49(61(73)23-19-15-11-3)37-55(42-53(35-47)63(51)77-27-25-69)65(57)79-29-31-81-67(75)45(5)6/h33-40,69-70H,5,7,9-32,41-44H2,1-4,6,8H3. The molecule has 444 valence electrons. The number of unbranched alkanes of at least 4 members (excludes halogenated alkanes) is 8. The lowest BCUT2D eigenvalue weighted by atomic mass is 9.86. The number of fused-ring (bicyclic) bond motifs is 8. The maximum Gasteiger partial charge on any atom is 0.333 e. The summed E-state index contributed by atoms with van der Waals surface area (Å²) >= 11 is 0. The van der Waals surface area contributed by atoms with Gasteiger partial charge in [0.2, 0.25) is 0 Å². The molecule has 0 saturated heterocycles. The Hall–Kier alpha value is -6.90. The molecule has 0 amide bonds. The normalized spacial score (nSPS) is 11.8.